The Bertz CT molecular complexity index is 507. The molecule has 0 spiro atoms. The van der Waals surface area contributed by atoms with Crippen LogP contribution in [0.5, 0.6) is 5.75 Å². The molecule has 0 amide bonds. The maximum absolute atomic E-state index is 5.47. The van der Waals surface area contributed by atoms with Crippen LogP contribution in [-0.4, -0.2) is 44.1 Å². The third kappa shape index (κ3) is 4.88. The Morgan fingerprint density at radius 3 is 2.70 bits per heavy atom. The van der Waals surface area contributed by atoms with E-state index in [1.807, 2.05) is 12.1 Å². The molecule has 1 aromatic carbocycles. The fourth-order valence-corrected chi connectivity index (χ4v) is 3.04. The molecular formula is C19H31N3O. The summed E-state index contributed by atoms with van der Waals surface area (Å²) in [6.45, 7) is 10.6. The van der Waals surface area contributed by atoms with Gasteiger partial charge in [0.1, 0.15) is 5.75 Å². The van der Waals surface area contributed by atoms with Crippen molar-refractivity contribution in [3.8, 4) is 5.75 Å². The number of likely N-dealkylation sites (tertiary alicyclic amines) is 1. The first-order valence-electron chi connectivity index (χ1n) is 8.81. The van der Waals surface area contributed by atoms with E-state index in [0.717, 1.165) is 43.8 Å². The van der Waals surface area contributed by atoms with Crippen LogP contribution < -0.4 is 10.1 Å². The van der Waals surface area contributed by atoms with Crippen LogP contribution in [0.3, 0.4) is 0 Å². The molecule has 1 atom stereocenters. The second-order valence-corrected chi connectivity index (χ2v) is 6.51. The van der Waals surface area contributed by atoms with Crippen LogP contribution in [0.4, 0.5) is 0 Å². The molecule has 1 unspecified atom stereocenters. The van der Waals surface area contributed by atoms with Gasteiger partial charge in [-0.15, -0.1) is 0 Å². The lowest BCUT2D eigenvalue weighted by molar-refractivity contribution is 0.273. The Kier molecular flexibility index (Phi) is 6.75. The Balaban J connectivity index is 2.04. The van der Waals surface area contributed by atoms with Crippen LogP contribution in [0.25, 0.3) is 0 Å². The zero-order chi connectivity index (χ0) is 16.7. The van der Waals surface area contributed by atoms with Gasteiger partial charge >= 0.3 is 0 Å². The summed E-state index contributed by atoms with van der Waals surface area (Å²) in [6.07, 6.45) is 2.51. The molecule has 4 heteroatoms. The van der Waals surface area contributed by atoms with Gasteiger partial charge in [-0.05, 0) is 37.3 Å². The first kappa shape index (κ1) is 17.6. The largest absolute Gasteiger partial charge is 0.496 e. The molecule has 1 aliphatic heterocycles. The number of benzene rings is 1. The molecule has 1 aromatic rings. The number of piperidine rings is 1. The highest BCUT2D eigenvalue weighted by molar-refractivity contribution is 5.80. The number of hydrogen-bond acceptors (Lipinski definition) is 2. The lowest BCUT2D eigenvalue weighted by Crippen LogP contribution is -2.45. The summed E-state index contributed by atoms with van der Waals surface area (Å²) in [5.41, 5.74) is 1.22. The minimum absolute atomic E-state index is 0.337. The van der Waals surface area contributed by atoms with Gasteiger partial charge in [-0.2, -0.15) is 0 Å². The average Bonchev–Trinajstić information content (AvgIpc) is 2.59. The van der Waals surface area contributed by atoms with E-state index < -0.39 is 0 Å². The van der Waals surface area contributed by atoms with Crippen molar-refractivity contribution in [2.24, 2.45) is 10.9 Å². The van der Waals surface area contributed by atoms with Crippen LogP contribution in [0.1, 0.15) is 45.1 Å². The molecule has 23 heavy (non-hydrogen) atoms. The van der Waals surface area contributed by atoms with Crippen molar-refractivity contribution in [2.45, 2.75) is 39.5 Å². The molecule has 1 heterocycles. The zero-order valence-corrected chi connectivity index (χ0v) is 15.0. The van der Waals surface area contributed by atoms with Gasteiger partial charge in [-0.3, -0.25) is 4.99 Å². The first-order valence-corrected chi connectivity index (χ1v) is 8.81. The SMILES string of the molecule is CCNC(=NCC(C)c1ccccc1OC)N1CCC(C)CC1. The van der Waals surface area contributed by atoms with E-state index in [1.54, 1.807) is 7.11 Å². The molecule has 0 saturated carbocycles. The van der Waals surface area contributed by atoms with E-state index in [2.05, 4.69) is 43.1 Å². The highest BCUT2D eigenvalue weighted by atomic mass is 16.5. The van der Waals surface area contributed by atoms with Crippen LogP contribution >= 0.6 is 0 Å². The number of rotatable bonds is 5. The third-order valence-corrected chi connectivity index (χ3v) is 4.60. The summed E-state index contributed by atoms with van der Waals surface area (Å²) in [4.78, 5) is 7.29. The number of nitrogens with zero attached hydrogens (tertiary/aromatic N) is 2. The maximum Gasteiger partial charge on any atom is 0.193 e. The van der Waals surface area contributed by atoms with Gasteiger partial charge in [0.15, 0.2) is 5.96 Å². The lowest BCUT2D eigenvalue weighted by Gasteiger charge is -2.33. The highest BCUT2D eigenvalue weighted by Crippen LogP contribution is 2.26. The van der Waals surface area contributed by atoms with Gasteiger partial charge in [0.05, 0.1) is 7.11 Å². The highest BCUT2D eigenvalue weighted by Gasteiger charge is 2.19. The lowest BCUT2D eigenvalue weighted by atomic mass is 9.99. The van der Waals surface area contributed by atoms with E-state index in [1.165, 1.54) is 18.4 Å². The summed E-state index contributed by atoms with van der Waals surface area (Å²) in [5.74, 6) is 3.18. The summed E-state index contributed by atoms with van der Waals surface area (Å²) in [7, 11) is 1.73. The van der Waals surface area contributed by atoms with E-state index >= 15 is 0 Å². The minimum Gasteiger partial charge on any atom is -0.496 e. The molecule has 4 nitrogen and oxygen atoms in total. The summed E-state index contributed by atoms with van der Waals surface area (Å²) < 4.78 is 5.47. The van der Waals surface area contributed by atoms with Gasteiger partial charge < -0.3 is 15.0 Å². The number of para-hydroxylation sites is 1. The monoisotopic (exact) mass is 317 g/mol. The predicted octanol–water partition coefficient (Wildman–Crippen LogP) is 3.50. The van der Waals surface area contributed by atoms with Crippen LogP contribution in [0.2, 0.25) is 0 Å². The number of methoxy groups -OCH3 is 1. The molecule has 1 aliphatic rings. The van der Waals surface area contributed by atoms with Crippen LogP contribution in [0.15, 0.2) is 29.3 Å². The second kappa shape index (κ2) is 8.80. The molecule has 1 N–H and O–H groups in total. The van der Waals surface area contributed by atoms with Crippen molar-refractivity contribution in [1.29, 1.82) is 0 Å². The van der Waals surface area contributed by atoms with Crippen molar-refractivity contribution >= 4 is 5.96 Å². The normalized spacial score (nSPS) is 17.9. The van der Waals surface area contributed by atoms with E-state index in [0.29, 0.717) is 5.92 Å². The van der Waals surface area contributed by atoms with Crippen molar-refractivity contribution in [1.82, 2.24) is 10.2 Å². The summed E-state index contributed by atoms with van der Waals surface area (Å²) >= 11 is 0. The Labute approximate surface area is 140 Å². The number of guanidine groups is 1. The molecule has 2 rings (SSSR count). The Morgan fingerprint density at radius 2 is 2.04 bits per heavy atom. The van der Waals surface area contributed by atoms with Crippen LogP contribution in [0, 0.1) is 5.92 Å². The standard InChI is InChI=1S/C19H31N3O/c1-5-20-19(22-12-10-15(2)11-13-22)21-14-16(3)17-8-6-7-9-18(17)23-4/h6-9,15-16H,5,10-14H2,1-4H3,(H,20,21). The van der Waals surface area contributed by atoms with Gasteiger partial charge in [0.2, 0.25) is 0 Å². The first-order chi connectivity index (χ1) is 11.2. The zero-order valence-electron chi connectivity index (χ0n) is 15.0. The average molecular weight is 317 g/mol. The number of nitrogens with one attached hydrogen (secondary N) is 1. The molecule has 128 valence electrons. The topological polar surface area (TPSA) is 36.9 Å². The number of aliphatic imine (C=N–C) groups is 1. The Morgan fingerprint density at radius 1 is 1.35 bits per heavy atom. The summed E-state index contributed by atoms with van der Waals surface area (Å²) in [6, 6.07) is 8.23. The Hall–Kier alpha value is -1.71. The molecule has 0 bridgehead atoms. The van der Waals surface area contributed by atoms with Crippen LogP contribution in [-0.2, 0) is 0 Å². The van der Waals surface area contributed by atoms with E-state index in [-0.39, 0.29) is 0 Å². The fraction of sp³-hybridized carbons (Fsp3) is 0.632. The smallest absolute Gasteiger partial charge is 0.193 e. The number of ether oxygens (including phenoxy) is 1. The van der Waals surface area contributed by atoms with E-state index in [4.69, 9.17) is 9.73 Å². The maximum atomic E-state index is 5.47. The molecule has 1 fully saturated rings. The second-order valence-electron chi connectivity index (χ2n) is 6.51. The predicted molar refractivity (Wildman–Crippen MR) is 97.4 cm³/mol. The quantitative estimate of drug-likeness (QED) is 0.667. The van der Waals surface area contributed by atoms with Crippen molar-refractivity contribution in [3.05, 3.63) is 29.8 Å². The summed E-state index contributed by atoms with van der Waals surface area (Å²) in [5, 5.41) is 3.45. The molecule has 0 aliphatic carbocycles. The minimum atomic E-state index is 0.337. The molecular weight excluding hydrogens is 286 g/mol. The number of hydrogen-bond donors (Lipinski definition) is 1. The van der Waals surface area contributed by atoms with Gasteiger partial charge in [-0.1, -0.05) is 32.0 Å². The van der Waals surface area contributed by atoms with E-state index in [9.17, 15) is 0 Å². The van der Waals surface area contributed by atoms with Gasteiger partial charge in [0, 0.05) is 32.1 Å². The van der Waals surface area contributed by atoms with Gasteiger partial charge in [0.25, 0.3) is 0 Å². The molecule has 0 aromatic heterocycles. The van der Waals surface area contributed by atoms with Crippen molar-refractivity contribution in [2.75, 3.05) is 33.3 Å². The van der Waals surface area contributed by atoms with Gasteiger partial charge in [-0.25, -0.2) is 0 Å². The fourth-order valence-electron chi connectivity index (χ4n) is 3.04. The molecule has 1 saturated heterocycles. The van der Waals surface area contributed by atoms with Crippen molar-refractivity contribution < 1.29 is 4.74 Å². The third-order valence-electron chi connectivity index (χ3n) is 4.60. The van der Waals surface area contributed by atoms with Crippen molar-refractivity contribution in [3.63, 3.8) is 0 Å². The molecule has 0 radical (unpaired) electrons.